The molecule has 0 unspecified atom stereocenters. The number of nitrogens with one attached hydrogen (secondary N) is 2. The number of morpholine rings is 1. The summed E-state index contributed by atoms with van der Waals surface area (Å²) in [5.74, 6) is 2.39. The van der Waals surface area contributed by atoms with Crippen LogP contribution >= 0.6 is 0 Å². The van der Waals surface area contributed by atoms with Gasteiger partial charge < -0.3 is 25.0 Å². The summed E-state index contributed by atoms with van der Waals surface area (Å²) in [4.78, 5) is 15.8. The van der Waals surface area contributed by atoms with Gasteiger partial charge in [0, 0.05) is 13.1 Å². The zero-order chi connectivity index (χ0) is 19.3. The summed E-state index contributed by atoms with van der Waals surface area (Å²) in [6.45, 7) is 9.23. The Balaban J connectivity index is 1.48. The minimum atomic E-state index is 0.207. The first-order chi connectivity index (χ1) is 13.7. The summed E-state index contributed by atoms with van der Waals surface area (Å²) < 4.78 is 11.5. The standard InChI is InChI=1S/C20H28N6O2/c1-14-19(22-13-23-20(14)28-16-5-7-21-8-6-16)25-17-3-4-18(24-15(17)2)26-9-11-27-12-10-26/h3-4,13,16,21H,5-12H2,1-2H3,(H,22,23,25). The normalized spacial score (nSPS) is 18.1. The van der Waals surface area contributed by atoms with Crippen molar-refractivity contribution in [1.82, 2.24) is 20.3 Å². The Morgan fingerprint density at radius 2 is 1.93 bits per heavy atom. The summed E-state index contributed by atoms with van der Waals surface area (Å²) >= 11 is 0. The van der Waals surface area contributed by atoms with E-state index < -0.39 is 0 Å². The Kier molecular flexibility index (Phi) is 5.87. The van der Waals surface area contributed by atoms with E-state index in [9.17, 15) is 0 Å². The van der Waals surface area contributed by atoms with Crippen molar-refractivity contribution < 1.29 is 9.47 Å². The van der Waals surface area contributed by atoms with Crippen LogP contribution in [0.1, 0.15) is 24.1 Å². The fourth-order valence-electron chi connectivity index (χ4n) is 3.53. The first-order valence-corrected chi connectivity index (χ1v) is 9.97. The second-order valence-corrected chi connectivity index (χ2v) is 7.25. The second kappa shape index (κ2) is 8.70. The number of nitrogens with zero attached hydrogens (tertiary/aromatic N) is 4. The number of aryl methyl sites for hydroxylation is 1. The van der Waals surface area contributed by atoms with E-state index in [4.69, 9.17) is 14.5 Å². The molecule has 0 spiro atoms. The van der Waals surface area contributed by atoms with Crippen LogP contribution in [0, 0.1) is 13.8 Å². The third-order valence-electron chi connectivity index (χ3n) is 5.26. The quantitative estimate of drug-likeness (QED) is 0.812. The van der Waals surface area contributed by atoms with Crippen LogP contribution in [-0.2, 0) is 4.74 Å². The Hall–Kier alpha value is -2.45. The van der Waals surface area contributed by atoms with Crippen LogP contribution in [0.25, 0.3) is 0 Å². The molecular weight excluding hydrogens is 356 g/mol. The number of pyridine rings is 1. The lowest BCUT2D eigenvalue weighted by Gasteiger charge is -2.28. The monoisotopic (exact) mass is 384 g/mol. The highest BCUT2D eigenvalue weighted by Crippen LogP contribution is 2.28. The molecule has 8 heteroatoms. The van der Waals surface area contributed by atoms with Gasteiger partial charge in [0.2, 0.25) is 5.88 Å². The van der Waals surface area contributed by atoms with E-state index in [1.54, 1.807) is 6.33 Å². The summed E-state index contributed by atoms with van der Waals surface area (Å²) in [6.07, 6.45) is 3.76. The lowest BCUT2D eigenvalue weighted by Crippen LogP contribution is -2.36. The largest absolute Gasteiger partial charge is 0.474 e. The zero-order valence-electron chi connectivity index (χ0n) is 16.6. The fraction of sp³-hybridized carbons (Fsp3) is 0.550. The molecule has 28 heavy (non-hydrogen) atoms. The van der Waals surface area contributed by atoms with Crippen molar-refractivity contribution in [2.24, 2.45) is 0 Å². The van der Waals surface area contributed by atoms with Gasteiger partial charge in [0.25, 0.3) is 0 Å². The number of hydrogen-bond acceptors (Lipinski definition) is 8. The molecule has 0 radical (unpaired) electrons. The number of ether oxygens (including phenoxy) is 2. The molecule has 0 aliphatic carbocycles. The van der Waals surface area contributed by atoms with Crippen LogP contribution in [0.5, 0.6) is 5.88 Å². The van der Waals surface area contributed by atoms with Crippen LogP contribution in [-0.4, -0.2) is 60.4 Å². The molecule has 0 atom stereocenters. The molecule has 2 aliphatic rings. The van der Waals surface area contributed by atoms with E-state index >= 15 is 0 Å². The molecule has 2 aromatic heterocycles. The molecule has 2 aromatic rings. The third-order valence-corrected chi connectivity index (χ3v) is 5.26. The highest BCUT2D eigenvalue weighted by atomic mass is 16.5. The van der Waals surface area contributed by atoms with Gasteiger partial charge in [-0.2, -0.15) is 0 Å². The van der Waals surface area contributed by atoms with Crippen LogP contribution < -0.4 is 20.3 Å². The Morgan fingerprint density at radius 3 is 2.68 bits per heavy atom. The number of hydrogen-bond donors (Lipinski definition) is 2. The molecule has 0 aromatic carbocycles. The van der Waals surface area contributed by atoms with Gasteiger partial charge in [0.05, 0.1) is 30.2 Å². The van der Waals surface area contributed by atoms with Gasteiger partial charge in [-0.05, 0) is 51.9 Å². The molecule has 0 saturated carbocycles. The van der Waals surface area contributed by atoms with Crippen LogP contribution in [0.15, 0.2) is 18.5 Å². The molecule has 4 rings (SSSR count). The average Bonchev–Trinajstić information content (AvgIpc) is 2.74. The zero-order valence-corrected chi connectivity index (χ0v) is 16.6. The van der Waals surface area contributed by atoms with Crippen molar-refractivity contribution in [3.8, 4) is 5.88 Å². The fourth-order valence-corrected chi connectivity index (χ4v) is 3.53. The maximum Gasteiger partial charge on any atom is 0.221 e. The van der Waals surface area contributed by atoms with Crippen molar-refractivity contribution in [2.45, 2.75) is 32.8 Å². The van der Waals surface area contributed by atoms with Crippen LogP contribution in [0.2, 0.25) is 0 Å². The van der Waals surface area contributed by atoms with Gasteiger partial charge in [0.1, 0.15) is 24.1 Å². The summed E-state index contributed by atoms with van der Waals surface area (Å²) in [6, 6.07) is 4.10. The van der Waals surface area contributed by atoms with Gasteiger partial charge in [-0.3, -0.25) is 0 Å². The van der Waals surface area contributed by atoms with Crippen molar-refractivity contribution in [1.29, 1.82) is 0 Å². The first kappa shape index (κ1) is 18.9. The maximum atomic E-state index is 6.13. The van der Waals surface area contributed by atoms with Crippen molar-refractivity contribution >= 4 is 17.3 Å². The number of rotatable bonds is 5. The molecule has 8 nitrogen and oxygen atoms in total. The number of anilines is 3. The summed E-state index contributed by atoms with van der Waals surface area (Å²) in [7, 11) is 0. The van der Waals surface area contributed by atoms with E-state index in [0.29, 0.717) is 5.88 Å². The Morgan fingerprint density at radius 1 is 1.14 bits per heavy atom. The van der Waals surface area contributed by atoms with E-state index in [1.165, 1.54) is 0 Å². The lowest BCUT2D eigenvalue weighted by molar-refractivity contribution is 0.122. The maximum absolute atomic E-state index is 6.13. The van der Waals surface area contributed by atoms with E-state index in [1.807, 2.05) is 19.9 Å². The molecule has 2 fully saturated rings. The Bertz CT molecular complexity index is 803. The summed E-state index contributed by atoms with van der Waals surface area (Å²) in [5, 5.41) is 6.75. The molecular formula is C20H28N6O2. The average molecular weight is 384 g/mol. The van der Waals surface area contributed by atoms with Gasteiger partial charge in [0.15, 0.2) is 0 Å². The van der Waals surface area contributed by atoms with Gasteiger partial charge in [-0.15, -0.1) is 0 Å². The van der Waals surface area contributed by atoms with Gasteiger partial charge >= 0.3 is 0 Å². The molecule has 4 heterocycles. The molecule has 0 bridgehead atoms. The van der Waals surface area contributed by atoms with Gasteiger partial charge in [-0.25, -0.2) is 15.0 Å². The minimum Gasteiger partial charge on any atom is -0.474 e. The van der Waals surface area contributed by atoms with E-state index in [0.717, 1.165) is 80.8 Å². The minimum absolute atomic E-state index is 0.207. The molecule has 150 valence electrons. The topological polar surface area (TPSA) is 84.4 Å². The molecule has 2 aliphatic heterocycles. The molecule has 0 amide bonds. The van der Waals surface area contributed by atoms with Crippen LogP contribution in [0.4, 0.5) is 17.3 Å². The predicted molar refractivity (Wildman–Crippen MR) is 109 cm³/mol. The molecule has 2 saturated heterocycles. The lowest BCUT2D eigenvalue weighted by atomic mass is 10.1. The van der Waals surface area contributed by atoms with Crippen molar-refractivity contribution in [3.05, 3.63) is 29.7 Å². The smallest absolute Gasteiger partial charge is 0.221 e. The Labute approximate surface area is 165 Å². The first-order valence-electron chi connectivity index (χ1n) is 9.97. The number of aromatic nitrogens is 3. The molecule has 2 N–H and O–H groups in total. The van der Waals surface area contributed by atoms with Crippen molar-refractivity contribution in [2.75, 3.05) is 49.6 Å². The van der Waals surface area contributed by atoms with Crippen LogP contribution in [0.3, 0.4) is 0 Å². The SMILES string of the molecule is Cc1nc(N2CCOCC2)ccc1Nc1ncnc(OC2CCNCC2)c1C. The van der Waals surface area contributed by atoms with Crippen molar-refractivity contribution in [3.63, 3.8) is 0 Å². The van der Waals surface area contributed by atoms with E-state index in [-0.39, 0.29) is 6.10 Å². The summed E-state index contributed by atoms with van der Waals surface area (Å²) in [5.41, 5.74) is 2.78. The van der Waals surface area contributed by atoms with Gasteiger partial charge in [-0.1, -0.05) is 0 Å². The third kappa shape index (κ3) is 4.34. The number of piperidine rings is 1. The predicted octanol–water partition coefficient (Wildman–Crippen LogP) is 2.20. The second-order valence-electron chi connectivity index (χ2n) is 7.25. The van der Waals surface area contributed by atoms with E-state index in [2.05, 4.69) is 31.6 Å². The highest BCUT2D eigenvalue weighted by molar-refractivity contribution is 5.64. The highest BCUT2D eigenvalue weighted by Gasteiger charge is 2.18.